The van der Waals surface area contributed by atoms with Crippen LogP contribution in [0.25, 0.3) is 33.1 Å². The van der Waals surface area contributed by atoms with E-state index in [2.05, 4.69) is 4.90 Å². The van der Waals surface area contributed by atoms with E-state index in [4.69, 9.17) is 18.3 Å². The minimum Gasteiger partial charge on any atom is -0.496 e. The Hall–Kier alpha value is -4.36. The topological polar surface area (TPSA) is 82.1 Å². The lowest BCUT2D eigenvalue weighted by molar-refractivity contribution is 0.0966. The van der Waals surface area contributed by atoms with Gasteiger partial charge in [0.25, 0.3) is 0 Å². The summed E-state index contributed by atoms with van der Waals surface area (Å²) in [7, 11) is 1.67. The quantitative estimate of drug-likeness (QED) is 0.328. The van der Waals surface area contributed by atoms with E-state index in [1.807, 2.05) is 54.6 Å². The van der Waals surface area contributed by atoms with Crippen LogP contribution in [0, 0.1) is 0 Å². The molecule has 3 aromatic carbocycles. The van der Waals surface area contributed by atoms with Gasteiger partial charge < -0.3 is 18.3 Å². The first-order valence-corrected chi connectivity index (χ1v) is 11.7. The molecule has 7 heteroatoms. The van der Waals surface area contributed by atoms with Gasteiger partial charge in [-0.1, -0.05) is 36.4 Å². The first-order chi connectivity index (χ1) is 17.6. The highest BCUT2D eigenvalue weighted by Crippen LogP contribution is 2.36. The molecule has 1 aliphatic heterocycles. The van der Waals surface area contributed by atoms with Crippen LogP contribution < -0.4 is 20.7 Å². The van der Waals surface area contributed by atoms with E-state index in [0.717, 1.165) is 35.2 Å². The highest BCUT2D eigenvalue weighted by Gasteiger charge is 2.24. The van der Waals surface area contributed by atoms with E-state index >= 15 is 0 Å². The smallest absolute Gasteiger partial charge is 0.344 e. The van der Waals surface area contributed by atoms with Crippen molar-refractivity contribution in [2.24, 2.45) is 0 Å². The van der Waals surface area contributed by atoms with Crippen LogP contribution in [-0.4, -0.2) is 25.3 Å². The number of nitrogens with zero attached hydrogens (tertiary/aromatic N) is 1. The minimum atomic E-state index is -0.537. The molecule has 1 aliphatic rings. The molecule has 0 saturated carbocycles. The standard InChI is InChI=1S/C29H23NO6/c1-33-24-8-4-2-6-18(24)12-13-30-16-23-26(34-17-30)11-10-20-21(15-27(31)36-28(20)23)22-14-19-7-3-5-9-25(19)35-29(22)32/h2-11,14-15H,12-13,16-17H2,1H3. The predicted octanol–water partition coefficient (Wildman–Crippen LogP) is 4.97. The molecular formula is C29H23NO6. The Kier molecular flexibility index (Phi) is 5.54. The van der Waals surface area contributed by atoms with Crippen LogP contribution >= 0.6 is 0 Å². The molecule has 3 heterocycles. The Bertz CT molecular complexity index is 1720. The van der Waals surface area contributed by atoms with Gasteiger partial charge >= 0.3 is 11.3 Å². The number of para-hydroxylation sites is 2. The van der Waals surface area contributed by atoms with Gasteiger partial charge in [-0.3, -0.25) is 4.90 Å². The van der Waals surface area contributed by atoms with E-state index in [0.29, 0.717) is 46.7 Å². The molecule has 0 bridgehead atoms. The average molecular weight is 482 g/mol. The summed E-state index contributed by atoms with van der Waals surface area (Å²) in [5, 5.41) is 1.43. The van der Waals surface area contributed by atoms with Crippen molar-refractivity contribution in [1.82, 2.24) is 4.90 Å². The third kappa shape index (κ3) is 3.93. The van der Waals surface area contributed by atoms with Crippen molar-refractivity contribution in [2.75, 3.05) is 20.4 Å². The fourth-order valence-electron chi connectivity index (χ4n) is 4.78. The Morgan fingerprint density at radius 1 is 0.917 bits per heavy atom. The van der Waals surface area contributed by atoms with Crippen molar-refractivity contribution in [3.8, 4) is 22.6 Å². The highest BCUT2D eigenvalue weighted by atomic mass is 16.5. The predicted molar refractivity (Wildman–Crippen MR) is 137 cm³/mol. The number of benzene rings is 3. The van der Waals surface area contributed by atoms with Gasteiger partial charge in [-0.2, -0.15) is 0 Å². The van der Waals surface area contributed by atoms with Gasteiger partial charge in [0.2, 0.25) is 0 Å². The van der Waals surface area contributed by atoms with Gasteiger partial charge in [0.1, 0.15) is 29.4 Å². The van der Waals surface area contributed by atoms with Crippen molar-refractivity contribution in [2.45, 2.75) is 13.0 Å². The van der Waals surface area contributed by atoms with Crippen LogP contribution in [0.5, 0.6) is 11.5 Å². The number of rotatable bonds is 5. The van der Waals surface area contributed by atoms with Gasteiger partial charge in [0.05, 0.1) is 18.2 Å². The third-order valence-electron chi connectivity index (χ3n) is 6.58. The summed E-state index contributed by atoms with van der Waals surface area (Å²) < 4.78 is 22.7. The summed E-state index contributed by atoms with van der Waals surface area (Å²) in [6.07, 6.45) is 0.779. The number of hydrogen-bond acceptors (Lipinski definition) is 7. The molecule has 7 nitrogen and oxygen atoms in total. The third-order valence-corrected chi connectivity index (χ3v) is 6.58. The molecule has 0 aliphatic carbocycles. The van der Waals surface area contributed by atoms with Crippen LogP contribution in [0.1, 0.15) is 11.1 Å². The van der Waals surface area contributed by atoms with Gasteiger partial charge in [-0.25, -0.2) is 9.59 Å². The summed E-state index contributed by atoms with van der Waals surface area (Å²) in [5.41, 5.74) is 2.56. The molecule has 0 amide bonds. The molecule has 36 heavy (non-hydrogen) atoms. The first kappa shape index (κ1) is 22.1. The van der Waals surface area contributed by atoms with Crippen LogP contribution in [0.3, 0.4) is 0 Å². The van der Waals surface area contributed by atoms with E-state index in [1.165, 1.54) is 6.07 Å². The Morgan fingerprint density at radius 2 is 1.75 bits per heavy atom. The Balaban J connectivity index is 1.39. The second kappa shape index (κ2) is 9.02. The fraction of sp³-hybridized carbons (Fsp3) is 0.172. The molecule has 0 radical (unpaired) electrons. The molecule has 0 saturated heterocycles. The van der Waals surface area contributed by atoms with Gasteiger partial charge in [0, 0.05) is 35.5 Å². The van der Waals surface area contributed by atoms with Crippen molar-refractivity contribution in [3.05, 3.63) is 105 Å². The average Bonchev–Trinajstić information content (AvgIpc) is 2.91. The number of ether oxygens (including phenoxy) is 2. The van der Waals surface area contributed by atoms with Crippen LogP contribution in [0.15, 0.2) is 91.2 Å². The van der Waals surface area contributed by atoms with E-state index in [-0.39, 0.29) is 0 Å². The monoisotopic (exact) mass is 481 g/mol. The largest absolute Gasteiger partial charge is 0.496 e. The molecule has 5 aromatic rings. The second-order valence-corrected chi connectivity index (χ2v) is 8.77. The molecule has 2 aromatic heterocycles. The SMILES string of the molecule is COc1ccccc1CCN1COc2ccc3c(-c4cc5ccccc5oc4=O)cc(=O)oc3c2C1. The normalized spacial score (nSPS) is 13.5. The maximum atomic E-state index is 12.9. The zero-order chi connectivity index (χ0) is 24.6. The molecule has 0 N–H and O–H groups in total. The van der Waals surface area contributed by atoms with Gasteiger partial charge in [-0.05, 0) is 42.3 Å². The Morgan fingerprint density at radius 3 is 2.64 bits per heavy atom. The summed E-state index contributed by atoms with van der Waals surface area (Å²) in [5.74, 6) is 1.52. The molecule has 0 fully saturated rings. The fourth-order valence-corrected chi connectivity index (χ4v) is 4.78. The number of hydrogen-bond donors (Lipinski definition) is 0. The van der Waals surface area contributed by atoms with Gasteiger partial charge in [-0.15, -0.1) is 0 Å². The summed E-state index contributed by atoms with van der Waals surface area (Å²) in [6.45, 7) is 1.70. The molecule has 0 atom stereocenters. The lowest BCUT2D eigenvalue weighted by atomic mass is 9.99. The highest BCUT2D eigenvalue weighted by molar-refractivity contribution is 5.97. The molecule has 6 rings (SSSR count). The van der Waals surface area contributed by atoms with Gasteiger partial charge in [0.15, 0.2) is 0 Å². The summed E-state index contributed by atoms with van der Waals surface area (Å²) >= 11 is 0. The van der Waals surface area contributed by atoms with E-state index in [1.54, 1.807) is 19.2 Å². The molecular weight excluding hydrogens is 458 g/mol. The maximum absolute atomic E-state index is 12.9. The zero-order valence-corrected chi connectivity index (χ0v) is 19.7. The molecule has 180 valence electrons. The lowest BCUT2D eigenvalue weighted by Crippen LogP contribution is -2.33. The summed E-state index contributed by atoms with van der Waals surface area (Å²) in [6, 6.07) is 22.0. The Labute approximate surface area is 206 Å². The van der Waals surface area contributed by atoms with E-state index in [9.17, 15) is 9.59 Å². The molecule has 0 unspecified atom stereocenters. The lowest BCUT2D eigenvalue weighted by Gasteiger charge is -2.29. The first-order valence-electron chi connectivity index (χ1n) is 11.7. The minimum absolute atomic E-state index is 0.316. The second-order valence-electron chi connectivity index (χ2n) is 8.77. The maximum Gasteiger partial charge on any atom is 0.344 e. The van der Waals surface area contributed by atoms with E-state index < -0.39 is 11.3 Å². The van der Waals surface area contributed by atoms with Crippen molar-refractivity contribution in [1.29, 1.82) is 0 Å². The summed E-state index contributed by atoms with van der Waals surface area (Å²) in [4.78, 5) is 27.6. The zero-order valence-electron chi connectivity index (χ0n) is 19.7. The number of methoxy groups -OCH3 is 1. The van der Waals surface area contributed by atoms with Crippen LogP contribution in [-0.2, 0) is 13.0 Å². The van der Waals surface area contributed by atoms with Crippen molar-refractivity contribution >= 4 is 21.9 Å². The van der Waals surface area contributed by atoms with Crippen LogP contribution in [0.2, 0.25) is 0 Å². The number of fused-ring (bicyclic) bond motifs is 4. The van der Waals surface area contributed by atoms with Crippen LogP contribution in [0.4, 0.5) is 0 Å². The molecule has 0 spiro atoms. The van der Waals surface area contributed by atoms with Crippen molar-refractivity contribution < 1.29 is 18.3 Å². The van der Waals surface area contributed by atoms with Crippen molar-refractivity contribution in [3.63, 3.8) is 0 Å².